The molecule has 146 valence electrons. The number of furan rings is 1. The van der Waals surface area contributed by atoms with Crippen molar-refractivity contribution in [3.63, 3.8) is 0 Å². The maximum Gasteiger partial charge on any atom is 0.348 e. The number of hydroxylamine groups is 2. The number of nitrogens with zero attached hydrogens (tertiary/aromatic N) is 1. The number of hydrogen-bond donors (Lipinski definition) is 1. The third-order valence-corrected chi connectivity index (χ3v) is 4.71. The van der Waals surface area contributed by atoms with Gasteiger partial charge < -0.3 is 19.7 Å². The zero-order valence-corrected chi connectivity index (χ0v) is 15.9. The number of ether oxygens (including phenoxy) is 1. The number of urea groups is 1. The molecule has 28 heavy (non-hydrogen) atoms. The second-order valence-corrected chi connectivity index (χ2v) is 6.50. The Morgan fingerprint density at radius 3 is 2.39 bits per heavy atom. The maximum absolute atomic E-state index is 12.7. The number of methoxy groups -OCH3 is 1. The van der Waals surface area contributed by atoms with Crippen molar-refractivity contribution >= 4 is 22.8 Å². The highest BCUT2D eigenvalue weighted by Crippen LogP contribution is 2.27. The van der Waals surface area contributed by atoms with Gasteiger partial charge >= 0.3 is 12.0 Å². The molecule has 0 bridgehead atoms. The summed E-state index contributed by atoms with van der Waals surface area (Å²) in [4.78, 5) is 29.8. The van der Waals surface area contributed by atoms with E-state index >= 15 is 0 Å². The summed E-state index contributed by atoms with van der Waals surface area (Å²) in [6.45, 7) is 3.41. The van der Waals surface area contributed by atoms with E-state index in [4.69, 9.17) is 19.7 Å². The fourth-order valence-electron chi connectivity index (χ4n) is 2.91. The number of benzene rings is 2. The predicted molar refractivity (Wildman–Crippen MR) is 104 cm³/mol. The molecule has 7 nitrogen and oxygen atoms in total. The molecule has 1 heterocycles. The first-order chi connectivity index (χ1) is 13.4. The standard InChI is InChI=1S/C21H22N2O5/c1-13(15-4-5-17-11-19(26-3)7-6-16(17)10-15)20(24)28-23(21(22)25)14(2)18-8-9-27-12-18/h4-14H,1-3H3,(H2,22,25). The van der Waals surface area contributed by atoms with E-state index in [9.17, 15) is 9.59 Å². The molecule has 0 fully saturated rings. The molecule has 2 amide bonds. The summed E-state index contributed by atoms with van der Waals surface area (Å²) in [6.07, 6.45) is 2.94. The van der Waals surface area contributed by atoms with Gasteiger partial charge in [-0.15, -0.1) is 5.06 Å². The Balaban J connectivity index is 1.79. The summed E-state index contributed by atoms with van der Waals surface area (Å²) in [7, 11) is 1.61. The number of carbonyl (C=O) groups excluding carboxylic acids is 2. The number of carbonyl (C=O) groups is 2. The second kappa shape index (κ2) is 8.04. The van der Waals surface area contributed by atoms with Gasteiger partial charge in [-0.05, 0) is 48.4 Å². The number of rotatable bonds is 5. The first kappa shape index (κ1) is 19.3. The molecule has 7 heteroatoms. The van der Waals surface area contributed by atoms with Crippen LogP contribution >= 0.6 is 0 Å². The lowest BCUT2D eigenvalue weighted by molar-refractivity contribution is -0.185. The molecule has 2 aromatic carbocycles. The summed E-state index contributed by atoms with van der Waals surface area (Å²) in [5, 5.41) is 2.82. The second-order valence-electron chi connectivity index (χ2n) is 6.50. The molecule has 2 N–H and O–H groups in total. The van der Waals surface area contributed by atoms with E-state index in [0.29, 0.717) is 5.56 Å². The van der Waals surface area contributed by atoms with Crippen LogP contribution in [0.25, 0.3) is 10.8 Å². The van der Waals surface area contributed by atoms with Crippen LogP contribution in [0.15, 0.2) is 59.4 Å². The molecule has 0 radical (unpaired) electrons. The highest BCUT2D eigenvalue weighted by Gasteiger charge is 2.28. The molecular formula is C21H22N2O5. The molecule has 0 saturated heterocycles. The van der Waals surface area contributed by atoms with Crippen molar-refractivity contribution < 1.29 is 23.6 Å². The lowest BCUT2D eigenvalue weighted by atomic mass is 9.98. The minimum atomic E-state index is -0.861. The molecule has 0 aliphatic carbocycles. The van der Waals surface area contributed by atoms with Crippen LogP contribution in [0, 0.1) is 0 Å². The maximum atomic E-state index is 12.7. The molecule has 0 aliphatic rings. The van der Waals surface area contributed by atoms with Crippen LogP contribution < -0.4 is 10.5 Å². The molecule has 2 atom stereocenters. The lowest BCUT2D eigenvalue weighted by Gasteiger charge is -2.26. The Kier molecular flexibility index (Phi) is 5.54. The van der Waals surface area contributed by atoms with Gasteiger partial charge in [0, 0.05) is 5.56 Å². The summed E-state index contributed by atoms with van der Waals surface area (Å²) < 4.78 is 10.2. The molecule has 0 saturated carbocycles. The zero-order chi connectivity index (χ0) is 20.3. The van der Waals surface area contributed by atoms with Gasteiger partial charge in [0.2, 0.25) is 0 Å². The SMILES string of the molecule is COc1ccc2cc(C(C)C(=O)ON(C(N)=O)C(C)c3ccoc3)ccc2c1. The van der Waals surface area contributed by atoms with Gasteiger partial charge in [0.15, 0.2) is 0 Å². The Bertz CT molecular complexity index is 984. The summed E-state index contributed by atoms with van der Waals surface area (Å²) in [6, 6.07) is 11.6. The third-order valence-electron chi connectivity index (χ3n) is 4.71. The van der Waals surface area contributed by atoms with Crippen LogP contribution in [0.2, 0.25) is 0 Å². The Hall–Kier alpha value is -3.48. The van der Waals surface area contributed by atoms with Crippen molar-refractivity contribution in [3.8, 4) is 5.75 Å². The monoisotopic (exact) mass is 382 g/mol. The van der Waals surface area contributed by atoms with Crippen molar-refractivity contribution in [3.05, 3.63) is 66.1 Å². The number of fused-ring (bicyclic) bond motifs is 1. The largest absolute Gasteiger partial charge is 0.497 e. The summed E-state index contributed by atoms with van der Waals surface area (Å²) in [5.41, 5.74) is 6.83. The van der Waals surface area contributed by atoms with E-state index in [1.165, 1.54) is 12.5 Å². The minimum absolute atomic E-state index is 0.573. The van der Waals surface area contributed by atoms with Crippen molar-refractivity contribution in [2.75, 3.05) is 7.11 Å². The Morgan fingerprint density at radius 2 is 1.75 bits per heavy atom. The van der Waals surface area contributed by atoms with Crippen LogP contribution in [0.3, 0.4) is 0 Å². The zero-order valence-electron chi connectivity index (χ0n) is 15.9. The first-order valence-corrected chi connectivity index (χ1v) is 8.81. The van der Waals surface area contributed by atoms with Crippen LogP contribution in [0.4, 0.5) is 4.79 Å². The van der Waals surface area contributed by atoms with Gasteiger partial charge in [-0.3, -0.25) is 0 Å². The van der Waals surface area contributed by atoms with Crippen molar-refractivity contribution in [2.24, 2.45) is 5.73 Å². The highest BCUT2D eigenvalue weighted by atomic mass is 16.7. The van der Waals surface area contributed by atoms with Crippen molar-refractivity contribution in [1.29, 1.82) is 0 Å². The Morgan fingerprint density at radius 1 is 1.04 bits per heavy atom. The number of primary amides is 1. The van der Waals surface area contributed by atoms with E-state index in [2.05, 4.69) is 0 Å². The normalized spacial score (nSPS) is 13.0. The molecule has 2 unspecified atom stereocenters. The van der Waals surface area contributed by atoms with Crippen molar-refractivity contribution in [2.45, 2.75) is 25.8 Å². The van der Waals surface area contributed by atoms with Crippen LogP contribution in [-0.2, 0) is 9.63 Å². The predicted octanol–water partition coefficient (Wildman–Crippen LogP) is 4.15. The van der Waals surface area contributed by atoms with Crippen LogP contribution in [0.5, 0.6) is 5.75 Å². The fourth-order valence-corrected chi connectivity index (χ4v) is 2.91. The molecule has 1 aromatic heterocycles. The Labute approximate surface area is 162 Å². The van der Waals surface area contributed by atoms with Gasteiger partial charge in [-0.2, -0.15) is 0 Å². The summed E-state index contributed by atoms with van der Waals surface area (Å²) >= 11 is 0. The average molecular weight is 382 g/mol. The van der Waals surface area contributed by atoms with Crippen molar-refractivity contribution in [1.82, 2.24) is 5.06 Å². The fraction of sp³-hybridized carbons (Fsp3) is 0.238. The van der Waals surface area contributed by atoms with Gasteiger partial charge in [0.05, 0.1) is 31.6 Å². The first-order valence-electron chi connectivity index (χ1n) is 8.81. The lowest BCUT2D eigenvalue weighted by Crippen LogP contribution is -2.40. The van der Waals surface area contributed by atoms with Gasteiger partial charge in [-0.1, -0.05) is 24.3 Å². The molecule has 3 aromatic rings. The minimum Gasteiger partial charge on any atom is -0.497 e. The quantitative estimate of drug-likeness (QED) is 0.669. The third kappa shape index (κ3) is 3.93. The van der Waals surface area contributed by atoms with E-state index in [0.717, 1.165) is 27.1 Å². The average Bonchev–Trinajstić information content (AvgIpc) is 3.24. The van der Waals surface area contributed by atoms with Gasteiger partial charge in [0.1, 0.15) is 5.75 Å². The topological polar surface area (TPSA) is 95.0 Å². The smallest absolute Gasteiger partial charge is 0.348 e. The molecule has 0 aliphatic heterocycles. The van der Waals surface area contributed by atoms with Gasteiger partial charge in [-0.25, -0.2) is 9.59 Å². The molecule has 0 spiro atoms. The van der Waals surface area contributed by atoms with E-state index < -0.39 is 24.0 Å². The molecule has 3 rings (SSSR count). The van der Waals surface area contributed by atoms with Crippen LogP contribution in [0.1, 0.15) is 36.9 Å². The highest BCUT2D eigenvalue weighted by molar-refractivity contribution is 5.87. The number of nitrogens with two attached hydrogens (primary N) is 1. The van der Waals surface area contributed by atoms with E-state index in [1.807, 2.05) is 36.4 Å². The van der Waals surface area contributed by atoms with Gasteiger partial charge in [0.25, 0.3) is 0 Å². The number of hydrogen-bond acceptors (Lipinski definition) is 5. The summed E-state index contributed by atoms with van der Waals surface area (Å²) in [5.74, 6) is -0.412. The molecular weight excluding hydrogens is 360 g/mol. The van der Waals surface area contributed by atoms with E-state index in [-0.39, 0.29) is 0 Å². The van der Waals surface area contributed by atoms with Crippen LogP contribution in [-0.4, -0.2) is 24.2 Å². The number of amides is 2. The van der Waals surface area contributed by atoms with E-state index in [1.54, 1.807) is 27.0 Å².